The smallest absolute Gasteiger partial charge is 0.231 e. The number of primary amides is 1. The maximum atomic E-state index is 11.3. The Balaban J connectivity index is 3.03. The molecule has 1 amide bonds. The number of hydrogen-bond acceptors (Lipinski definition) is 3. The molecule has 0 radical (unpaired) electrons. The minimum absolute atomic E-state index is 0.00782. The zero-order chi connectivity index (χ0) is 15.1. The maximum absolute atomic E-state index is 11.3. The van der Waals surface area contributed by atoms with E-state index in [1.165, 1.54) is 0 Å². The van der Waals surface area contributed by atoms with Crippen LogP contribution < -0.4 is 11.5 Å². The zero-order valence-electron chi connectivity index (χ0n) is 12.2. The number of nitrogens with two attached hydrogens (primary N) is 2. The van der Waals surface area contributed by atoms with E-state index in [-0.39, 0.29) is 24.5 Å². The minimum atomic E-state index is -0.318. The van der Waals surface area contributed by atoms with Crippen molar-refractivity contribution >= 4 is 21.8 Å². The van der Waals surface area contributed by atoms with Crippen LogP contribution in [0, 0.1) is 0 Å². The molecule has 0 saturated heterocycles. The molecule has 1 rings (SSSR count). The van der Waals surface area contributed by atoms with Crippen molar-refractivity contribution in [2.45, 2.75) is 38.8 Å². The van der Waals surface area contributed by atoms with Gasteiger partial charge in [-0.05, 0) is 37.6 Å². The topological polar surface area (TPSA) is 72.3 Å². The van der Waals surface area contributed by atoms with Crippen molar-refractivity contribution in [3.63, 3.8) is 0 Å². The van der Waals surface area contributed by atoms with Crippen LogP contribution in [0.15, 0.2) is 28.7 Å². The molecule has 2 unspecified atom stereocenters. The predicted molar refractivity (Wildman–Crippen MR) is 86.2 cm³/mol. The van der Waals surface area contributed by atoms with Crippen LogP contribution in [0.4, 0.5) is 0 Å². The van der Waals surface area contributed by atoms with Gasteiger partial charge in [0.25, 0.3) is 0 Å². The third-order valence-corrected chi connectivity index (χ3v) is 3.73. The van der Waals surface area contributed by atoms with Crippen molar-refractivity contribution in [3.05, 3.63) is 34.3 Å². The molecule has 0 aliphatic rings. The van der Waals surface area contributed by atoms with E-state index in [9.17, 15) is 4.79 Å². The molecule has 0 heterocycles. The van der Waals surface area contributed by atoms with Crippen molar-refractivity contribution in [1.82, 2.24) is 4.90 Å². The van der Waals surface area contributed by atoms with Crippen LogP contribution in [0.1, 0.15) is 38.3 Å². The Morgan fingerprint density at radius 3 is 2.65 bits per heavy atom. The summed E-state index contributed by atoms with van der Waals surface area (Å²) in [6.07, 6.45) is 2.09. The summed E-state index contributed by atoms with van der Waals surface area (Å²) in [5, 5.41) is 0. The van der Waals surface area contributed by atoms with Crippen molar-refractivity contribution < 1.29 is 4.79 Å². The lowest BCUT2D eigenvalue weighted by Gasteiger charge is -2.34. The van der Waals surface area contributed by atoms with Gasteiger partial charge in [-0.15, -0.1) is 0 Å². The first-order valence-electron chi connectivity index (χ1n) is 6.99. The molecule has 0 aliphatic heterocycles. The van der Waals surface area contributed by atoms with Gasteiger partial charge < -0.3 is 11.5 Å². The molecular formula is C15H24BrN3O. The summed E-state index contributed by atoms with van der Waals surface area (Å²) in [7, 11) is 0. The van der Waals surface area contributed by atoms with Crippen LogP contribution >= 0.6 is 15.9 Å². The highest BCUT2D eigenvalue weighted by molar-refractivity contribution is 9.10. The summed E-state index contributed by atoms with van der Waals surface area (Å²) < 4.78 is 1.01. The van der Waals surface area contributed by atoms with Crippen molar-refractivity contribution in [1.29, 1.82) is 0 Å². The highest BCUT2D eigenvalue weighted by atomic mass is 79.9. The first-order valence-corrected chi connectivity index (χ1v) is 7.78. The molecule has 4 nitrogen and oxygen atoms in total. The average Bonchev–Trinajstić information content (AvgIpc) is 2.35. The predicted octanol–water partition coefficient (Wildman–Crippen LogP) is 2.42. The fourth-order valence-corrected chi connectivity index (χ4v) is 2.83. The standard InChI is InChI=1S/C15H24BrN3O/c1-3-4-8-19(10-14(18)20)15(11(2)17)12-6-5-7-13(16)9-12/h5-7,9,11,15H,3-4,8,10,17H2,1-2H3,(H2,18,20). The van der Waals surface area contributed by atoms with Crippen LogP contribution in [-0.4, -0.2) is 29.9 Å². The van der Waals surface area contributed by atoms with Crippen LogP contribution in [0.3, 0.4) is 0 Å². The quantitative estimate of drug-likeness (QED) is 0.762. The summed E-state index contributed by atoms with van der Waals surface area (Å²) in [5.41, 5.74) is 12.6. The zero-order valence-corrected chi connectivity index (χ0v) is 13.8. The monoisotopic (exact) mass is 341 g/mol. The molecule has 5 heteroatoms. The van der Waals surface area contributed by atoms with E-state index in [1.54, 1.807) is 0 Å². The van der Waals surface area contributed by atoms with Crippen LogP contribution in [0.5, 0.6) is 0 Å². The third-order valence-electron chi connectivity index (χ3n) is 3.24. The molecule has 20 heavy (non-hydrogen) atoms. The van der Waals surface area contributed by atoms with Gasteiger partial charge in [0.05, 0.1) is 12.6 Å². The van der Waals surface area contributed by atoms with E-state index < -0.39 is 0 Å². The van der Waals surface area contributed by atoms with Gasteiger partial charge in [0, 0.05) is 10.5 Å². The number of halogens is 1. The van der Waals surface area contributed by atoms with Crippen molar-refractivity contribution in [2.24, 2.45) is 11.5 Å². The molecular weight excluding hydrogens is 318 g/mol. The fourth-order valence-electron chi connectivity index (χ4n) is 2.42. The van der Waals surface area contributed by atoms with Crippen LogP contribution in [0.25, 0.3) is 0 Å². The summed E-state index contributed by atoms with van der Waals surface area (Å²) >= 11 is 3.48. The van der Waals surface area contributed by atoms with E-state index in [1.807, 2.05) is 31.2 Å². The molecule has 4 N–H and O–H groups in total. The molecule has 0 aromatic heterocycles. The van der Waals surface area contributed by atoms with E-state index >= 15 is 0 Å². The van der Waals surface area contributed by atoms with E-state index in [0.717, 1.165) is 29.4 Å². The van der Waals surface area contributed by atoms with E-state index in [4.69, 9.17) is 11.5 Å². The number of amides is 1. The normalized spacial score (nSPS) is 14.2. The van der Waals surface area contributed by atoms with Gasteiger partial charge in [0.15, 0.2) is 0 Å². The Hall–Kier alpha value is -0.910. The van der Waals surface area contributed by atoms with Crippen molar-refractivity contribution in [3.8, 4) is 0 Å². The highest BCUT2D eigenvalue weighted by Gasteiger charge is 2.25. The summed E-state index contributed by atoms with van der Waals surface area (Å²) in [4.78, 5) is 13.4. The summed E-state index contributed by atoms with van der Waals surface area (Å²) in [5.74, 6) is -0.318. The second-order valence-corrected chi connectivity index (χ2v) is 6.06. The molecule has 2 atom stereocenters. The van der Waals surface area contributed by atoms with Gasteiger partial charge in [-0.25, -0.2) is 0 Å². The number of carbonyl (C=O) groups is 1. The lowest BCUT2D eigenvalue weighted by atomic mass is 9.98. The fraction of sp³-hybridized carbons (Fsp3) is 0.533. The first kappa shape index (κ1) is 17.1. The van der Waals surface area contributed by atoms with Crippen LogP contribution in [0.2, 0.25) is 0 Å². The van der Waals surface area contributed by atoms with Crippen molar-refractivity contribution in [2.75, 3.05) is 13.1 Å². The Morgan fingerprint density at radius 2 is 2.15 bits per heavy atom. The van der Waals surface area contributed by atoms with Gasteiger partial charge >= 0.3 is 0 Å². The first-order chi connectivity index (χ1) is 9.45. The lowest BCUT2D eigenvalue weighted by molar-refractivity contribution is -0.119. The number of unbranched alkanes of at least 4 members (excludes halogenated alkanes) is 1. The molecule has 0 bridgehead atoms. The highest BCUT2D eigenvalue weighted by Crippen LogP contribution is 2.26. The number of rotatable bonds is 8. The average molecular weight is 342 g/mol. The number of hydrogen-bond donors (Lipinski definition) is 2. The Kier molecular flexibility index (Phi) is 7.19. The molecule has 0 fully saturated rings. The Labute approximate surface area is 129 Å². The second-order valence-electron chi connectivity index (χ2n) is 5.15. The van der Waals surface area contributed by atoms with Gasteiger partial charge in [-0.2, -0.15) is 0 Å². The second kappa shape index (κ2) is 8.39. The van der Waals surface area contributed by atoms with E-state index in [2.05, 4.69) is 27.8 Å². The van der Waals surface area contributed by atoms with E-state index in [0.29, 0.717) is 0 Å². The maximum Gasteiger partial charge on any atom is 0.231 e. The molecule has 1 aromatic rings. The molecule has 0 saturated carbocycles. The van der Waals surface area contributed by atoms with Gasteiger partial charge in [-0.3, -0.25) is 9.69 Å². The number of carbonyl (C=O) groups excluding carboxylic acids is 1. The number of benzene rings is 1. The Morgan fingerprint density at radius 1 is 1.45 bits per heavy atom. The molecule has 0 aliphatic carbocycles. The summed E-state index contributed by atoms with van der Waals surface area (Å²) in [6, 6.07) is 7.96. The largest absolute Gasteiger partial charge is 0.369 e. The van der Waals surface area contributed by atoms with Gasteiger partial charge in [0.2, 0.25) is 5.91 Å². The lowest BCUT2D eigenvalue weighted by Crippen LogP contribution is -2.44. The minimum Gasteiger partial charge on any atom is -0.369 e. The van der Waals surface area contributed by atoms with Crippen LogP contribution in [-0.2, 0) is 4.79 Å². The molecule has 1 aromatic carbocycles. The van der Waals surface area contributed by atoms with Gasteiger partial charge in [0.1, 0.15) is 0 Å². The third kappa shape index (κ3) is 5.23. The Bertz CT molecular complexity index is 437. The SMILES string of the molecule is CCCCN(CC(N)=O)C(c1cccc(Br)c1)C(C)N. The molecule has 0 spiro atoms. The van der Waals surface area contributed by atoms with Gasteiger partial charge in [-0.1, -0.05) is 41.4 Å². The molecule has 112 valence electrons. The summed E-state index contributed by atoms with van der Waals surface area (Å²) in [6.45, 7) is 5.14. The number of nitrogens with zero attached hydrogens (tertiary/aromatic N) is 1.